The van der Waals surface area contributed by atoms with Crippen LogP contribution in [0, 0.1) is 0 Å². The topological polar surface area (TPSA) is 65.5 Å². The Hall–Kier alpha value is -0.850. The molecule has 1 aliphatic carbocycles. The Balaban J connectivity index is 1.85. The second-order valence-corrected chi connectivity index (χ2v) is 6.23. The highest BCUT2D eigenvalue weighted by Crippen LogP contribution is 2.31. The van der Waals surface area contributed by atoms with Crippen LogP contribution in [0.5, 0.6) is 0 Å². The Bertz CT molecular complexity index is 495. The zero-order chi connectivity index (χ0) is 14.7. The van der Waals surface area contributed by atoms with Crippen molar-refractivity contribution in [3.05, 3.63) is 21.8 Å². The number of hydrogen-bond acceptors (Lipinski definition) is 4. The van der Waals surface area contributed by atoms with Crippen LogP contribution in [0.3, 0.4) is 0 Å². The maximum atomic E-state index is 10.8. The smallest absolute Gasteiger partial charge is 0.317 e. The Morgan fingerprint density at radius 2 is 2.35 bits per heavy atom. The molecule has 0 amide bonds. The lowest BCUT2D eigenvalue weighted by atomic mass is 9.85. The van der Waals surface area contributed by atoms with Crippen molar-refractivity contribution < 1.29 is 9.90 Å². The van der Waals surface area contributed by atoms with Gasteiger partial charge in [0.1, 0.15) is 5.82 Å². The van der Waals surface area contributed by atoms with Crippen molar-refractivity contribution in [2.75, 3.05) is 18.4 Å². The molecule has 5 nitrogen and oxygen atoms in total. The molecule has 1 aromatic rings. The Labute approximate surface area is 131 Å². The first-order valence-corrected chi connectivity index (χ1v) is 7.70. The first-order valence-electron chi connectivity index (χ1n) is 6.53. The van der Waals surface area contributed by atoms with Gasteiger partial charge in [-0.3, -0.25) is 9.69 Å². The average molecular weight is 363 g/mol. The van der Waals surface area contributed by atoms with Crippen LogP contribution in [0.15, 0.2) is 16.7 Å². The lowest BCUT2D eigenvalue weighted by Crippen LogP contribution is -2.51. The molecule has 110 valence electrons. The first-order chi connectivity index (χ1) is 9.49. The summed E-state index contributed by atoms with van der Waals surface area (Å²) in [5, 5.41) is 12.7. The summed E-state index contributed by atoms with van der Waals surface area (Å²) in [6.07, 6.45) is 3.53. The standard InChI is InChI=1S/C13H17BrClN3O2/c1-2-18(7-12(19)20)10-4-9(5-10)17-13-11(15)3-8(14)6-16-13/h3,6,9-10H,2,4-5,7H2,1H3,(H,16,17)(H,19,20). The SMILES string of the molecule is CCN(CC(=O)O)C1CC(Nc2ncc(Br)cc2Cl)C1. The van der Waals surface area contributed by atoms with Gasteiger partial charge in [0, 0.05) is 22.8 Å². The maximum Gasteiger partial charge on any atom is 0.317 e. The van der Waals surface area contributed by atoms with E-state index in [1.165, 1.54) is 0 Å². The van der Waals surface area contributed by atoms with Crippen LogP contribution in [0.2, 0.25) is 5.02 Å². The third-order valence-corrected chi connectivity index (χ3v) is 4.24. The number of nitrogens with zero attached hydrogens (tertiary/aromatic N) is 2. The number of nitrogens with one attached hydrogen (secondary N) is 1. The van der Waals surface area contributed by atoms with Crippen LogP contribution in [0.4, 0.5) is 5.82 Å². The highest BCUT2D eigenvalue weighted by molar-refractivity contribution is 9.10. The molecule has 0 unspecified atom stereocenters. The Kier molecular flexibility index (Phi) is 5.23. The van der Waals surface area contributed by atoms with E-state index in [-0.39, 0.29) is 6.54 Å². The van der Waals surface area contributed by atoms with E-state index in [0.717, 1.165) is 23.9 Å². The van der Waals surface area contributed by atoms with E-state index >= 15 is 0 Å². The molecule has 0 spiro atoms. The van der Waals surface area contributed by atoms with E-state index in [0.29, 0.717) is 22.9 Å². The molecule has 1 aliphatic rings. The van der Waals surface area contributed by atoms with Gasteiger partial charge in [-0.2, -0.15) is 0 Å². The number of carboxylic acid groups (broad SMARTS) is 1. The van der Waals surface area contributed by atoms with Gasteiger partial charge in [-0.1, -0.05) is 18.5 Å². The summed E-state index contributed by atoms with van der Waals surface area (Å²) in [5.74, 6) is -0.0968. The summed E-state index contributed by atoms with van der Waals surface area (Å²) >= 11 is 9.42. The van der Waals surface area contributed by atoms with Crippen LogP contribution in [0.1, 0.15) is 19.8 Å². The third kappa shape index (κ3) is 3.84. The predicted octanol–water partition coefficient (Wildman–Crippen LogP) is 2.85. The normalized spacial score (nSPS) is 21.6. The van der Waals surface area contributed by atoms with Crippen molar-refractivity contribution >= 4 is 39.3 Å². The third-order valence-electron chi connectivity index (χ3n) is 3.52. The lowest BCUT2D eigenvalue weighted by Gasteiger charge is -2.42. The number of likely N-dealkylation sites (N-methyl/N-ethyl adjacent to an activating group) is 1. The molecule has 20 heavy (non-hydrogen) atoms. The number of anilines is 1. The fourth-order valence-corrected chi connectivity index (χ4v) is 3.07. The van der Waals surface area contributed by atoms with Gasteiger partial charge >= 0.3 is 5.97 Å². The highest BCUT2D eigenvalue weighted by atomic mass is 79.9. The van der Waals surface area contributed by atoms with Gasteiger partial charge in [0.25, 0.3) is 0 Å². The number of pyridine rings is 1. The van der Waals surface area contributed by atoms with E-state index in [1.807, 2.05) is 11.8 Å². The molecule has 2 rings (SSSR count). The van der Waals surface area contributed by atoms with E-state index in [9.17, 15) is 4.79 Å². The number of rotatable bonds is 6. The number of carboxylic acids is 1. The van der Waals surface area contributed by atoms with Crippen LogP contribution < -0.4 is 5.32 Å². The zero-order valence-electron chi connectivity index (χ0n) is 11.1. The monoisotopic (exact) mass is 361 g/mol. The Morgan fingerprint density at radius 1 is 1.65 bits per heavy atom. The molecule has 0 atom stereocenters. The molecule has 1 fully saturated rings. The molecule has 1 aromatic heterocycles. The Morgan fingerprint density at radius 3 is 2.90 bits per heavy atom. The molecular formula is C13H17BrClN3O2. The van der Waals surface area contributed by atoms with E-state index < -0.39 is 5.97 Å². The van der Waals surface area contributed by atoms with Gasteiger partial charge in [-0.05, 0) is 41.4 Å². The van der Waals surface area contributed by atoms with Crippen LogP contribution >= 0.6 is 27.5 Å². The number of aromatic nitrogens is 1. The van der Waals surface area contributed by atoms with Crippen molar-refractivity contribution in [2.24, 2.45) is 0 Å². The van der Waals surface area contributed by atoms with Crippen molar-refractivity contribution in [1.29, 1.82) is 0 Å². The van der Waals surface area contributed by atoms with Crippen molar-refractivity contribution in [2.45, 2.75) is 31.8 Å². The molecule has 0 bridgehead atoms. The van der Waals surface area contributed by atoms with Gasteiger partial charge in [0.15, 0.2) is 0 Å². The first kappa shape index (κ1) is 15.5. The average Bonchev–Trinajstić information content (AvgIpc) is 2.33. The number of carbonyl (C=O) groups is 1. The minimum Gasteiger partial charge on any atom is -0.480 e. The molecule has 0 radical (unpaired) electrons. The number of aliphatic carboxylic acids is 1. The number of halogens is 2. The van der Waals surface area contributed by atoms with E-state index in [2.05, 4.69) is 26.2 Å². The molecule has 0 aliphatic heterocycles. The van der Waals surface area contributed by atoms with Gasteiger partial charge in [-0.15, -0.1) is 0 Å². The minimum atomic E-state index is -0.777. The summed E-state index contributed by atoms with van der Waals surface area (Å²) < 4.78 is 0.846. The highest BCUT2D eigenvalue weighted by Gasteiger charge is 2.34. The molecule has 7 heteroatoms. The quantitative estimate of drug-likeness (QED) is 0.814. The molecule has 1 saturated carbocycles. The van der Waals surface area contributed by atoms with Crippen molar-refractivity contribution in [1.82, 2.24) is 9.88 Å². The second kappa shape index (κ2) is 6.74. The zero-order valence-corrected chi connectivity index (χ0v) is 13.5. The molecular weight excluding hydrogens is 346 g/mol. The lowest BCUT2D eigenvalue weighted by molar-refractivity contribution is -0.139. The summed E-state index contributed by atoms with van der Waals surface area (Å²) in [6.45, 7) is 2.84. The molecule has 2 N–H and O–H groups in total. The van der Waals surface area contributed by atoms with Crippen molar-refractivity contribution in [3.63, 3.8) is 0 Å². The summed E-state index contributed by atoms with van der Waals surface area (Å²) in [4.78, 5) is 17.0. The van der Waals surface area contributed by atoms with E-state index in [1.54, 1.807) is 12.3 Å². The van der Waals surface area contributed by atoms with Crippen LogP contribution in [-0.2, 0) is 4.79 Å². The maximum absolute atomic E-state index is 10.8. The van der Waals surface area contributed by atoms with Crippen LogP contribution in [0.25, 0.3) is 0 Å². The van der Waals surface area contributed by atoms with E-state index in [4.69, 9.17) is 16.7 Å². The van der Waals surface area contributed by atoms with Gasteiger partial charge in [-0.25, -0.2) is 4.98 Å². The summed E-state index contributed by atoms with van der Waals surface area (Å²) in [6, 6.07) is 2.42. The fraction of sp³-hybridized carbons (Fsp3) is 0.538. The molecule has 0 aromatic carbocycles. The summed E-state index contributed by atoms with van der Waals surface area (Å²) in [5.41, 5.74) is 0. The molecule has 1 heterocycles. The van der Waals surface area contributed by atoms with Gasteiger partial charge in [0.05, 0.1) is 11.6 Å². The fourth-order valence-electron chi connectivity index (χ4n) is 2.39. The van der Waals surface area contributed by atoms with Gasteiger partial charge in [0.2, 0.25) is 0 Å². The minimum absolute atomic E-state index is 0.102. The number of hydrogen-bond donors (Lipinski definition) is 2. The van der Waals surface area contributed by atoms with Gasteiger partial charge < -0.3 is 10.4 Å². The van der Waals surface area contributed by atoms with Crippen molar-refractivity contribution in [3.8, 4) is 0 Å². The second-order valence-electron chi connectivity index (χ2n) is 4.91. The summed E-state index contributed by atoms with van der Waals surface area (Å²) in [7, 11) is 0. The largest absolute Gasteiger partial charge is 0.480 e. The predicted molar refractivity (Wildman–Crippen MR) is 82.3 cm³/mol. The van der Waals surface area contributed by atoms with Crippen LogP contribution in [-0.4, -0.2) is 46.1 Å². The molecule has 0 saturated heterocycles.